The van der Waals surface area contributed by atoms with Crippen LogP contribution in [0.25, 0.3) is 5.57 Å². The molecule has 2 rings (SSSR count). The van der Waals surface area contributed by atoms with Crippen LogP contribution in [0.15, 0.2) is 71.8 Å². The Bertz CT molecular complexity index is 852. The first-order chi connectivity index (χ1) is 13.6. The second kappa shape index (κ2) is 10.7. The smallest absolute Gasteiger partial charge is 0.209 e. The maximum absolute atomic E-state index is 7.43. The number of aliphatic imine (C=N–C) groups is 1. The lowest BCUT2D eigenvalue weighted by atomic mass is 9.90. The van der Waals surface area contributed by atoms with Crippen LogP contribution in [-0.4, -0.2) is 26.0 Å². The molecule has 1 atom stereocenters. The molecule has 2 aromatic rings. The van der Waals surface area contributed by atoms with E-state index in [1.807, 2.05) is 50.4 Å². The van der Waals surface area contributed by atoms with Crippen LogP contribution in [0.2, 0.25) is 0 Å². The summed E-state index contributed by atoms with van der Waals surface area (Å²) in [5, 5.41) is 10.7. The number of ether oxygens (including phenoxy) is 1. The molecule has 6 heteroatoms. The van der Waals surface area contributed by atoms with Gasteiger partial charge in [0.1, 0.15) is 5.75 Å². The number of likely N-dealkylation sites (N-methyl/N-ethyl adjacent to an activating group) is 1. The van der Waals surface area contributed by atoms with Gasteiger partial charge in [-0.3, -0.25) is 4.99 Å². The minimum atomic E-state index is 0.177. The average molecular weight is 377 g/mol. The van der Waals surface area contributed by atoms with Crippen molar-refractivity contribution in [2.45, 2.75) is 12.8 Å². The quantitative estimate of drug-likeness (QED) is 0.397. The van der Waals surface area contributed by atoms with Gasteiger partial charge in [0, 0.05) is 36.7 Å². The second-order valence-corrected chi connectivity index (χ2v) is 6.11. The molecule has 0 saturated heterocycles. The van der Waals surface area contributed by atoms with Gasteiger partial charge in [0.25, 0.3) is 0 Å². The van der Waals surface area contributed by atoms with Crippen LogP contribution in [0.5, 0.6) is 5.75 Å². The highest BCUT2D eigenvalue weighted by Crippen LogP contribution is 2.27. The summed E-state index contributed by atoms with van der Waals surface area (Å²) in [5.41, 5.74) is 15.3. The van der Waals surface area contributed by atoms with Crippen molar-refractivity contribution in [2.75, 3.05) is 13.6 Å². The summed E-state index contributed by atoms with van der Waals surface area (Å²) in [6.45, 7) is 2.60. The number of allylic oxidation sites excluding steroid dienone is 1. The number of hydrogen-bond acceptors (Lipinski definition) is 6. The zero-order valence-corrected chi connectivity index (χ0v) is 16.2. The van der Waals surface area contributed by atoms with E-state index in [2.05, 4.69) is 22.4 Å². The molecule has 0 spiro atoms. The van der Waals surface area contributed by atoms with E-state index < -0.39 is 0 Å². The van der Waals surface area contributed by atoms with Gasteiger partial charge in [-0.2, -0.15) is 0 Å². The van der Waals surface area contributed by atoms with Crippen molar-refractivity contribution >= 4 is 18.0 Å². The van der Waals surface area contributed by atoms with Gasteiger partial charge in [-0.25, -0.2) is 0 Å². The number of hydrogen-bond donors (Lipinski definition) is 4. The van der Waals surface area contributed by atoms with Gasteiger partial charge >= 0.3 is 0 Å². The van der Waals surface area contributed by atoms with Crippen molar-refractivity contribution < 1.29 is 4.74 Å². The van der Waals surface area contributed by atoms with Gasteiger partial charge in [0.05, 0.1) is 6.20 Å². The third-order valence-corrected chi connectivity index (χ3v) is 4.26. The van der Waals surface area contributed by atoms with Crippen molar-refractivity contribution in [2.24, 2.45) is 16.5 Å². The fourth-order valence-corrected chi connectivity index (χ4v) is 2.85. The second-order valence-electron chi connectivity index (χ2n) is 6.11. The predicted octanol–water partition coefficient (Wildman–Crippen LogP) is 3.21. The van der Waals surface area contributed by atoms with Gasteiger partial charge in [0.2, 0.25) is 5.88 Å². The Hall–Kier alpha value is -3.38. The van der Waals surface area contributed by atoms with Crippen molar-refractivity contribution in [3.8, 4) is 5.75 Å². The topological polar surface area (TPSA) is 110 Å². The molecule has 0 aliphatic carbocycles. The molecule has 0 heterocycles. The van der Waals surface area contributed by atoms with Gasteiger partial charge in [-0.15, -0.1) is 0 Å². The molecule has 1 unspecified atom stereocenters. The standard InChI is InChI=1S/C22H27N5O/c1-3-27-15-22(25)28-20-10-8-18(9-11-20)21(14-26-2)17-6-4-16(5-7-17)19(12-23)13-24/h3-13,15,21,23,26H,14,24-25H2,1-2H3/b19-13+,22-15+,23-12?,27-3-. The van der Waals surface area contributed by atoms with E-state index >= 15 is 0 Å². The molecule has 28 heavy (non-hydrogen) atoms. The van der Waals surface area contributed by atoms with E-state index in [9.17, 15) is 0 Å². The molecule has 146 valence electrons. The Kier molecular flexibility index (Phi) is 7.99. The molecule has 0 aromatic heterocycles. The van der Waals surface area contributed by atoms with E-state index in [0.29, 0.717) is 11.3 Å². The SMILES string of the molecule is C/C=N\C=C(/N)Oc1ccc(C(CNC)c2ccc(/C(C=N)=C/N)cc2)cc1. The highest BCUT2D eigenvalue weighted by molar-refractivity contribution is 6.08. The summed E-state index contributed by atoms with van der Waals surface area (Å²) in [4.78, 5) is 3.94. The highest BCUT2D eigenvalue weighted by Gasteiger charge is 2.14. The molecular weight excluding hydrogens is 350 g/mol. The lowest BCUT2D eigenvalue weighted by Gasteiger charge is -2.19. The molecule has 0 fully saturated rings. The maximum Gasteiger partial charge on any atom is 0.209 e. The number of rotatable bonds is 9. The Morgan fingerprint density at radius 3 is 2.25 bits per heavy atom. The zero-order valence-electron chi connectivity index (χ0n) is 16.2. The first-order valence-corrected chi connectivity index (χ1v) is 9.01. The fourth-order valence-electron chi connectivity index (χ4n) is 2.85. The van der Waals surface area contributed by atoms with Gasteiger partial charge < -0.3 is 26.9 Å². The van der Waals surface area contributed by atoms with Gasteiger partial charge in [-0.1, -0.05) is 36.4 Å². The normalized spacial score (nSPS) is 13.5. The molecule has 6 N–H and O–H groups in total. The van der Waals surface area contributed by atoms with Crippen LogP contribution in [-0.2, 0) is 0 Å². The lowest BCUT2D eigenvalue weighted by Crippen LogP contribution is -2.18. The Labute approximate surface area is 166 Å². The van der Waals surface area contributed by atoms with Crippen LogP contribution in [0.3, 0.4) is 0 Å². The van der Waals surface area contributed by atoms with Crippen LogP contribution < -0.4 is 21.5 Å². The molecule has 0 aliphatic heterocycles. The minimum Gasteiger partial charge on any atom is -0.440 e. The summed E-state index contributed by atoms with van der Waals surface area (Å²) >= 11 is 0. The molecule has 0 radical (unpaired) electrons. The zero-order chi connectivity index (χ0) is 20.4. The molecular formula is C22H27N5O. The van der Waals surface area contributed by atoms with Crippen molar-refractivity contribution in [3.63, 3.8) is 0 Å². The third kappa shape index (κ3) is 5.56. The van der Waals surface area contributed by atoms with Crippen molar-refractivity contribution in [1.82, 2.24) is 5.32 Å². The number of nitrogens with two attached hydrogens (primary N) is 2. The third-order valence-electron chi connectivity index (χ3n) is 4.26. The van der Waals surface area contributed by atoms with Gasteiger partial charge in [0.15, 0.2) is 0 Å². The fraction of sp³-hybridized carbons (Fsp3) is 0.182. The maximum atomic E-state index is 7.43. The first-order valence-electron chi connectivity index (χ1n) is 9.01. The summed E-state index contributed by atoms with van der Waals surface area (Å²) in [5.74, 6) is 1.07. The highest BCUT2D eigenvalue weighted by atomic mass is 16.5. The molecule has 0 bridgehead atoms. The predicted molar refractivity (Wildman–Crippen MR) is 117 cm³/mol. The molecule has 2 aromatic carbocycles. The largest absolute Gasteiger partial charge is 0.440 e. The number of nitrogens with one attached hydrogen (secondary N) is 2. The van der Waals surface area contributed by atoms with Crippen LogP contribution in [0.4, 0.5) is 0 Å². The summed E-state index contributed by atoms with van der Waals surface area (Å²) in [7, 11) is 1.93. The monoisotopic (exact) mass is 377 g/mol. The average Bonchev–Trinajstić information content (AvgIpc) is 2.73. The molecule has 6 nitrogen and oxygen atoms in total. The molecule has 0 aliphatic rings. The van der Waals surface area contributed by atoms with Crippen molar-refractivity contribution in [1.29, 1.82) is 5.41 Å². The molecule has 0 saturated carbocycles. The summed E-state index contributed by atoms with van der Waals surface area (Å²) in [6.07, 6.45) is 5.81. The summed E-state index contributed by atoms with van der Waals surface area (Å²) in [6, 6.07) is 16.0. The Balaban J connectivity index is 2.22. The lowest BCUT2D eigenvalue weighted by molar-refractivity contribution is 0.418. The van der Waals surface area contributed by atoms with E-state index in [1.54, 1.807) is 6.21 Å². The Morgan fingerprint density at radius 2 is 1.75 bits per heavy atom. The summed E-state index contributed by atoms with van der Waals surface area (Å²) < 4.78 is 5.55. The first kappa shape index (κ1) is 20.9. The number of benzene rings is 2. The molecule has 0 amide bonds. The van der Waals surface area contributed by atoms with Gasteiger partial charge in [-0.05, 0) is 42.8 Å². The van der Waals surface area contributed by atoms with Crippen molar-refractivity contribution in [3.05, 3.63) is 83.5 Å². The van der Waals surface area contributed by atoms with E-state index in [1.165, 1.54) is 24.2 Å². The minimum absolute atomic E-state index is 0.177. The van der Waals surface area contributed by atoms with Crippen LogP contribution in [0.1, 0.15) is 29.5 Å². The van der Waals surface area contributed by atoms with Crippen LogP contribution >= 0.6 is 0 Å². The van der Waals surface area contributed by atoms with Crippen LogP contribution in [0, 0.1) is 5.41 Å². The number of nitrogens with zero attached hydrogens (tertiary/aromatic N) is 1. The Morgan fingerprint density at radius 1 is 1.14 bits per heavy atom. The van der Waals surface area contributed by atoms with E-state index in [0.717, 1.165) is 17.7 Å². The van der Waals surface area contributed by atoms with E-state index in [-0.39, 0.29) is 11.8 Å². The van der Waals surface area contributed by atoms with E-state index in [4.69, 9.17) is 21.6 Å².